The molecule has 102 valence electrons. The van der Waals surface area contributed by atoms with E-state index >= 15 is 0 Å². The second kappa shape index (κ2) is 5.64. The SMILES string of the molecule is N#Cc1cc(F)c(CNCC2(O)CCCC2)c(F)c1. The van der Waals surface area contributed by atoms with E-state index in [1.165, 1.54) is 0 Å². The highest BCUT2D eigenvalue weighted by atomic mass is 19.1. The van der Waals surface area contributed by atoms with Crippen molar-refractivity contribution in [3.63, 3.8) is 0 Å². The second-order valence-corrected chi connectivity index (χ2v) is 5.07. The molecule has 2 rings (SSSR count). The molecular weight excluding hydrogens is 250 g/mol. The van der Waals surface area contributed by atoms with Gasteiger partial charge in [-0.15, -0.1) is 0 Å². The van der Waals surface area contributed by atoms with Crippen LogP contribution in [0.1, 0.15) is 36.8 Å². The number of halogens is 2. The maximum Gasteiger partial charge on any atom is 0.131 e. The predicted molar refractivity (Wildman–Crippen MR) is 66.2 cm³/mol. The van der Waals surface area contributed by atoms with Gasteiger partial charge >= 0.3 is 0 Å². The summed E-state index contributed by atoms with van der Waals surface area (Å²) in [6.45, 7) is 0.331. The highest BCUT2D eigenvalue weighted by molar-refractivity contribution is 5.34. The number of rotatable bonds is 4. The fourth-order valence-corrected chi connectivity index (χ4v) is 2.47. The maximum absolute atomic E-state index is 13.6. The van der Waals surface area contributed by atoms with Gasteiger partial charge in [-0.05, 0) is 25.0 Å². The Labute approximate surface area is 110 Å². The average molecular weight is 266 g/mol. The average Bonchev–Trinajstić information content (AvgIpc) is 2.79. The Bertz CT molecular complexity index is 482. The van der Waals surface area contributed by atoms with Gasteiger partial charge in [-0.25, -0.2) is 8.78 Å². The van der Waals surface area contributed by atoms with Crippen molar-refractivity contribution in [3.8, 4) is 6.07 Å². The number of aliphatic hydroxyl groups is 1. The molecule has 3 nitrogen and oxygen atoms in total. The van der Waals surface area contributed by atoms with E-state index in [4.69, 9.17) is 5.26 Å². The summed E-state index contributed by atoms with van der Waals surface area (Å²) >= 11 is 0. The van der Waals surface area contributed by atoms with E-state index in [1.54, 1.807) is 6.07 Å². The van der Waals surface area contributed by atoms with Crippen molar-refractivity contribution in [1.29, 1.82) is 5.26 Å². The third kappa shape index (κ3) is 3.28. The lowest BCUT2D eigenvalue weighted by Crippen LogP contribution is -2.37. The van der Waals surface area contributed by atoms with Gasteiger partial charge in [0.2, 0.25) is 0 Å². The molecule has 0 unspecified atom stereocenters. The van der Waals surface area contributed by atoms with Crippen molar-refractivity contribution >= 4 is 0 Å². The topological polar surface area (TPSA) is 56.0 Å². The lowest BCUT2D eigenvalue weighted by atomic mass is 10.0. The molecule has 19 heavy (non-hydrogen) atoms. The minimum atomic E-state index is -0.750. The Morgan fingerprint density at radius 3 is 2.37 bits per heavy atom. The minimum absolute atomic E-state index is 0.00564. The summed E-state index contributed by atoms with van der Waals surface area (Å²) in [6.07, 6.45) is 3.41. The maximum atomic E-state index is 13.6. The van der Waals surface area contributed by atoms with Gasteiger partial charge in [0.15, 0.2) is 0 Å². The van der Waals surface area contributed by atoms with Crippen molar-refractivity contribution in [1.82, 2.24) is 5.32 Å². The van der Waals surface area contributed by atoms with Crippen LogP contribution < -0.4 is 5.32 Å². The highest BCUT2D eigenvalue weighted by Gasteiger charge is 2.30. The molecule has 1 aliphatic carbocycles. The molecule has 0 heterocycles. The summed E-state index contributed by atoms with van der Waals surface area (Å²) in [5.74, 6) is -1.47. The van der Waals surface area contributed by atoms with Gasteiger partial charge in [0.25, 0.3) is 0 Å². The third-order valence-corrected chi connectivity index (χ3v) is 3.56. The van der Waals surface area contributed by atoms with Gasteiger partial charge in [-0.2, -0.15) is 5.26 Å². The number of nitrogens with one attached hydrogen (secondary N) is 1. The van der Waals surface area contributed by atoms with E-state index in [0.717, 1.165) is 37.8 Å². The molecule has 0 bridgehead atoms. The van der Waals surface area contributed by atoms with Crippen molar-refractivity contribution in [2.24, 2.45) is 0 Å². The number of nitriles is 1. The van der Waals surface area contributed by atoms with Crippen LogP contribution in [0.2, 0.25) is 0 Å². The van der Waals surface area contributed by atoms with Gasteiger partial charge in [-0.1, -0.05) is 12.8 Å². The molecule has 1 saturated carbocycles. The number of nitrogens with zero attached hydrogens (tertiary/aromatic N) is 1. The smallest absolute Gasteiger partial charge is 0.131 e. The lowest BCUT2D eigenvalue weighted by Gasteiger charge is -2.22. The van der Waals surface area contributed by atoms with Crippen LogP contribution >= 0.6 is 0 Å². The summed E-state index contributed by atoms with van der Waals surface area (Å²) in [4.78, 5) is 0. The van der Waals surface area contributed by atoms with Crippen molar-refractivity contribution in [3.05, 3.63) is 34.9 Å². The summed E-state index contributed by atoms with van der Waals surface area (Å²) in [5, 5.41) is 21.6. The molecule has 0 radical (unpaired) electrons. The molecule has 1 aromatic carbocycles. The second-order valence-electron chi connectivity index (χ2n) is 5.07. The van der Waals surface area contributed by atoms with Gasteiger partial charge in [-0.3, -0.25) is 0 Å². The number of benzene rings is 1. The van der Waals surface area contributed by atoms with Gasteiger partial charge in [0.05, 0.1) is 17.2 Å². The molecule has 0 saturated heterocycles. The molecule has 0 amide bonds. The standard InChI is InChI=1S/C14H16F2N2O/c15-12-5-10(7-17)6-13(16)11(12)8-18-9-14(19)3-1-2-4-14/h5-6,18-19H,1-4,8-9H2. The quantitative estimate of drug-likeness (QED) is 0.878. The zero-order chi connectivity index (χ0) is 13.9. The van der Waals surface area contributed by atoms with Crippen molar-refractivity contribution in [2.45, 2.75) is 37.8 Å². The van der Waals surface area contributed by atoms with Gasteiger partial charge in [0, 0.05) is 18.7 Å². The summed E-state index contributed by atoms with van der Waals surface area (Å²) in [6, 6.07) is 3.74. The van der Waals surface area contributed by atoms with E-state index in [2.05, 4.69) is 5.32 Å². The fraction of sp³-hybridized carbons (Fsp3) is 0.500. The molecular formula is C14H16F2N2O. The molecule has 0 aromatic heterocycles. The molecule has 1 aromatic rings. The first-order chi connectivity index (χ1) is 9.04. The van der Waals surface area contributed by atoms with Crippen LogP contribution in [0.25, 0.3) is 0 Å². The molecule has 5 heteroatoms. The minimum Gasteiger partial charge on any atom is -0.389 e. The van der Waals surface area contributed by atoms with E-state index in [1.807, 2.05) is 0 Å². The van der Waals surface area contributed by atoms with Gasteiger partial charge in [0.1, 0.15) is 11.6 Å². The third-order valence-electron chi connectivity index (χ3n) is 3.56. The summed E-state index contributed by atoms with van der Waals surface area (Å²) in [7, 11) is 0. The van der Waals surface area contributed by atoms with Crippen LogP contribution in [0.3, 0.4) is 0 Å². The van der Waals surface area contributed by atoms with E-state index in [-0.39, 0.29) is 17.7 Å². The predicted octanol–water partition coefficient (Wildman–Crippen LogP) is 2.23. The van der Waals surface area contributed by atoms with Crippen molar-refractivity contribution < 1.29 is 13.9 Å². The molecule has 0 aliphatic heterocycles. The van der Waals surface area contributed by atoms with Crippen LogP contribution in [-0.2, 0) is 6.54 Å². The zero-order valence-corrected chi connectivity index (χ0v) is 10.5. The van der Waals surface area contributed by atoms with E-state index in [0.29, 0.717) is 6.54 Å². The van der Waals surface area contributed by atoms with Crippen LogP contribution in [-0.4, -0.2) is 17.3 Å². The zero-order valence-electron chi connectivity index (χ0n) is 10.5. The Morgan fingerprint density at radius 1 is 1.26 bits per heavy atom. The largest absolute Gasteiger partial charge is 0.389 e. The van der Waals surface area contributed by atoms with Crippen molar-refractivity contribution in [2.75, 3.05) is 6.54 Å². The monoisotopic (exact) mass is 266 g/mol. The number of hydrogen-bond acceptors (Lipinski definition) is 3. The lowest BCUT2D eigenvalue weighted by molar-refractivity contribution is 0.0473. The molecule has 1 fully saturated rings. The first-order valence-electron chi connectivity index (χ1n) is 6.35. The normalized spacial score (nSPS) is 17.4. The Morgan fingerprint density at radius 2 is 1.84 bits per heavy atom. The van der Waals surface area contributed by atoms with E-state index in [9.17, 15) is 13.9 Å². The number of hydrogen-bond donors (Lipinski definition) is 2. The van der Waals surface area contributed by atoms with E-state index < -0.39 is 17.2 Å². The molecule has 1 aliphatic rings. The molecule has 0 atom stereocenters. The van der Waals surface area contributed by atoms with Crippen LogP contribution in [0.15, 0.2) is 12.1 Å². The van der Waals surface area contributed by atoms with Crippen LogP contribution in [0.5, 0.6) is 0 Å². The Kier molecular flexibility index (Phi) is 4.13. The fourth-order valence-electron chi connectivity index (χ4n) is 2.47. The van der Waals surface area contributed by atoms with Crippen LogP contribution in [0.4, 0.5) is 8.78 Å². The summed E-state index contributed by atoms with van der Waals surface area (Å²) < 4.78 is 27.2. The molecule has 0 spiro atoms. The van der Waals surface area contributed by atoms with Gasteiger partial charge < -0.3 is 10.4 Å². The molecule has 2 N–H and O–H groups in total. The summed E-state index contributed by atoms with van der Waals surface area (Å²) in [5.41, 5.74) is -0.881. The first-order valence-corrected chi connectivity index (χ1v) is 6.35. The van der Waals surface area contributed by atoms with Crippen LogP contribution in [0, 0.1) is 23.0 Å². The first kappa shape index (κ1) is 13.9. The Balaban J connectivity index is 1.98. The Hall–Kier alpha value is -1.51. The highest BCUT2D eigenvalue weighted by Crippen LogP contribution is 2.28.